The van der Waals surface area contributed by atoms with Crippen molar-refractivity contribution in [1.29, 1.82) is 0 Å². The van der Waals surface area contributed by atoms with Crippen molar-refractivity contribution in [2.75, 3.05) is 0 Å². The van der Waals surface area contributed by atoms with Crippen LogP contribution in [0, 0.1) is 0 Å². The summed E-state index contributed by atoms with van der Waals surface area (Å²) in [6.45, 7) is 0. The molecule has 1 aromatic carbocycles. The van der Waals surface area contributed by atoms with E-state index in [1.54, 1.807) is 18.3 Å². The van der Waals surface area contributed by atoms with Crippen LogP contribution in [0.15, 0.2) is 30.5 Å². The quantitative estimate of drug-likeness (QED) is 0.800. The summed E-state index contributed by atoms with van der Waals surface area (Å²) in [5.41, 5.74) is 1.93. The van der Waals surface area contributed by atoms with Gasteiger partial charge in [0.05, 0.1) is 18.1 Å². The zero-order chi connectivity index (χ0) is 10.7. The van der Waals surface area contributed by atoms with Gasteiger partial charge in [-0.3, -0.25) is 9.89 Å². The number of carbonyl (C=O) groups is 1. The fourth-order valence-corrected chi connectivity index (χ4v) is 1.42. The molecule has 0 bridgehead atoms. The maximum Gasteiger partial charge on any atom is 0.307 e. The highest BCUT2D eigenvalue weighted by Crippen LogP contribution is 2.17. The minimum Gasteiger partial charge on any atom is -0.481 e. The van der Waals surface area contributed by atoms with Crippen LogP contribution in [0.4, 0.5) is 0 Å². The number of nitrogens with zero attached hydrogens (tertiary/aromatic N) is 1. The molecule has 1 aromatic heterocycles. The Labute approximate surface area is 86.2 Å². The topological polar surface area (TPSA) is 66.0 Å². The monoisotopic (exact) mass is 202 g/mol. The summed E-state index contributed by atoms with van der Waals surface area (Å²) in [6, 6.07) is 5.76. The molecule has 0 aliphatic carbocycles. The number of rotatable bonds is 3. The van der Waals surface area contributed by atoms with Crippen molar-refractivity contribution in [2.45, 2.75) is 6.42 Å². The number of hydrogen-bond acceptors (Lipinski definition) is 2. The summed E-state index contributed by atoms with van der Waals surface area (Å²) in [5, 5.41) is 16.3. The van der Waals surface area contributed by atoms with Gasteiger partial charge >= 0.3 is 5.97 Å². The highest BCUT2D eigenvalue weighted by atomic mass is 16.4. The van der Waals surface area contributed by atoms with Crippen molar-refractivity contribution < 1.29 is 9.90 Å². The minimum atomic E-state index is -0.828. The molecule has 4 nitrogen and oxygen atoms in total. The number of benzene rings is 1. The van der Waals surface area contributed by atoms with E-state index in [-0.39, 0.29) is 6.42 Å². The van der Waals surface area contributed by atoms with Crippen LogP contribution in [-0.4, -0.2) is 21.3 Å². The average molecular weight is 202 g/mol. The smallest absolute Gasteiger partial charge is 0.307 e. The summed E-state index contributed by atoms with van der Waals surface area (Å²) in [5.74, 6) is -0.828. The van der Waals surface area contributed by atoms with Gasteiger partial charge < -0.3 is 5.11 Å². The molecule has 0 saturated carbocycles. The molecule has 1 heterocycles. The number of aromatic nitrogens is 2. The Hall–Kier alpha value is -2.10. The molecule has 76 valence electrons. The van der Waals surface area contributed by atoms with Gasteiger partial charge in [-0.15, -0.1) is 0 Å². The first-order valence-corrected chi connectivity index (χ1v) is 4.58. The molecular weight excluding hydrogens is 192 g/mol. The Morgan fingerprint density at radius 2 is 2.40 bits per heavy atom. The summed E-state index contributed by atoms with van der Waals surface area (Å²) in [4.78, 5) is 10.3. The van der Waals surface area contributed by atoms with Crippen molar-refractivity contribution in [3.05, 3.63) is 36.0 Å². The second-order valence-electron chi connectivity index (χ2n) is 3.18. The molecule has 4 heteroatoms. The van der Waals surface area contributed by atoms with Crippen LogP contribution in [0.3, 0.4) is 0 Å². The number of H-pyrrole nitrogens is 1. The molecule has 0 radical (unpaired) electrons. The summed E-state index contributed by atoms with van der Waals surface area (Å²) >= 11 is 0. The average Bonchev–Trinajstić information content (AvgIpc) is 2.65. The molecule has 0 saturated heterocycles. The fourth-order valence-electron chi connectivity index (χ4n) is 1.42. The second kappa shape index (κ2) is 3.96. The highest BCUT2D eigenvalue weighted by molar-refractivity contribution is 5.87. The van der Waals surface area contributed by atoms with Gasteiger partial charge in [-0.1, -0.05) is 24.3 Å². The fraction of sp³-hybridized carbons (Fsp3) is 0.0909. The van der Waals surface area contributed by atoms with Crippen LogP contribution in [0.25, 0.3) is 17.0 Å². The van der Waals surface area contributed by atoms with E-state index in [0.29, 0.717) is 0 Å². The number of carboxylic acid groups (broad SMARTS) is 1. The van der Waals surface area contributed by atoms with E-state index in [4.69, 9.17) is 5.11 Å². The lowest BCUT2D eigenvalue weighted by Gasteiger charge is -1.94. The van der Waals surface area contributed by atoms with Gasteiger partial charge in [0.25, 0.3) is 0 Å². The third kappa shape index (κ3) is 2.04. The van der Waals surface area contributed by atoms with E-state index in [9.17, 15) is 4.79 Å². The van der Waals surface area contributed by atoms with E-state index in [2.05, 4.69) is 10.2 Å². The molecule has 0 aliphatic heterocycles. The molecule has 2 N–H and O–H groups in total. The zero-order valence-electron chi connectivity index (χ0n) is 7.97. The molecule has 2 rings (SSSR count). The number of aliphatic carboxylic acids is 1. The lowest BCUT2D eigenvalue weighted by atomic mass is 10.1. The third-order valence-electron chi connectivity index (χ3n) is 2.11. The number of hydrogen-bond donors (Lipinski definition) is 2. The largest absolute Gasteiger partial charge is 0.481 e. The standard InChI is InChI=1S/C11H10N2O2/c14-11(15)6-2-4-8-3-1-5-10-9(8)7-12-13-10/h1-5,7H,6H2,(H,12,13)(H,14,15). The lowest BCUT2D eigenvalue weighted by Crippen LogP contribution is -1.89. The van der Waals surface area contributed by atoms with E-state index >= 15 is 0 Å². The third-order valence-corrected chi connectivity index (χ3v) is 2.11. The van der Waals surface area contributed by atoms with Crippen LogP contribution in [0.1, 0.15) is 12.0 Å². The summed E-state index contributed by atoms with van der Waals surface area (Å²) < 4.78 is 0. The number of carboxylic acids is 1. The first kappa shape index (κ1) is 9.45. The molecule has 0 spiro atoms. The van der Waals surface area contributed by atoms with E-state index in [0.717, 1.165) is 16.5 Å². The minimum absolute atomic E-state index is 0.0360. The van der Waals surface area contributed by atoms with Crippen molar-refractivity contribution in [1.82, 2.24) is 10.2 Å². The summed E-state index contributed by atoms with van der Waals surface area (Å²) in [6.07, 6.45) is 5.19. The van der Waals surface area contributed by atoms with Crippen molar-refractivity contribution in [3.8, 4) is 0 Å². The molecule has 2 aromatic rings. The zero-order valence-corrected chi connectivity index (χ0v) is 7.97. The predicted molar refractivity (Wildman–Crippen MR) is 57.4 cm³/mol. The molecule has 0 fully saturated rings. The Bertz CT molecular complexity index is 514. The van der Waals surface area contributed by atoms with Gasteiger partial charge in [-0.25, -0.2) is 0 Å². The second-order valence-corrected chi connectivity index (χ2v) is 3.18. The van der Waals surface area contributed by atoms with Gasteiger partial charge in [0.1, 0.15) is 0 Å². The van der Waals surface area contributed by atoms with Gasteiger partial charge in [0.2, 0.25) is 0 Å². The Morgan fingerprint density at radius 3 is 3.20 bits per heavy atom. The molecule has 0 amide bonds. The van der Waals surface area contributed by atoms with Gasteiger partial charge in [0.15, 0.2) is 0 Å². The van der Waals surface area contributed by atoms with Crippen LogP contribution in [-0.2, 0) is 4.79 Å². The van der Waals surface area contributed by atoms with Crippen molar-refractivity contribution in [2.24, 2.45) is 0 Å². The molecule has 0 unspecified atom stereocenters. The maximum atomic E-state index is 10.3. The van der Waals surface area contributed by atoms with Crippen LogP contribution in [0.2, 0.25) is 0 Å². The normalized spacial score (nSPS) is 11.2. The highest BCUT2D eigenvalue weighted by Gasteiger charge is 1.98. The Balaban J connectivity index is 2.31. The number of aromatic amines is 1. The maximum absolute atomic E-state index is 10.3. The van der Waals surface area contributed by atoms with Crippen LogP contribution < -0.4 is 0 Å². The number of nitrogens with one attached hydrogen (secondary N) is 1. The molecule has 15 heavy (non-hydrogen) atoms. The van der Waals surface area contributed by atoms with E-state index in [1.165, 1.54) is 0 Å². The Morgan fingerprint density at radius 1 is 1.53 bits per heavy atom. The molecule has 0 aliphatic rings. The van der Waals surface area contributed by atoms with E-state index in [1.807, 2.05) is 18.2 Å². The molecular formula is C11H10N2O2. The van der Waals surface area contributed by atoms with Crippen LogP contribution in [0.5, 0.6) is 0 Å². The van der Waals surface area contributed by atoms with Crippen molar-refractivity contribution in [3.63, 3.8) is 0 Å². The van der Waals surface area contributed by atoms with Gasteiger partial charge in [0, 0.05) is 5.39 Å². The SMILES string of the molecule is O=C(O)CC=Cc1cccc2[nH]ncc12. The van der Waals surface area contributed by atoms with Gasteiger partial charge in [-0.05, 0) is 11.6 Å². The summed E-state index contributed by atoms with van der Waals surface area (Å²) in [7, 11) is 0. The first-order chi connectivity index (χ1) is 7.27. The lowest BCUT2D eigenvalue weighted by molar-refractivity contribution is -0.135. The van der Waals surface area contributed by atoms with Crippen molar-refractivity contribution >= 4 is 22.9 Å². The van der Waals surface area contributed by atoms with Crippen LogP contribution >= 0.6 is 0 Å². The van der Waals surface area contributed by atoms with Gasteiger partial charge in [-0.2, -0.15) is 5.10 Å². The predicted octanol–water partition coefficient (Wildman–Crippen LogP) is 2.05. The molecule has 0 atom stereocenters. The van der Waals surface area contributed by atoms with E-state index < -0.39 is 5.97 Å². The Kier molecular flexibility index (Phi) is 2.49. The number of fused-ring (bicyclic) bond motifs is 1. The first-order valence-electron chi connectivity index (χ1n) is 4.58.